The van der Waals surface area contributed by atoms with Crippen molar-refractivity contribution in [3.8, 4) is 0 Å². The van der Waals surface area contributed by atoms with Gasteiger partial charge >= 0.3 is 6.18 Å². The molecule has 2 fully saturated rings. The van der Waals surface area contributed by atoms with E-state index in [1.807, 2.05) is 0 Å². The number of carbonyl (C=O) groups excluding carboxylic acids is 1. The van der Waals surface area contributed by atoms with Crippen molar-refractivity contribution in [1.82, 2.24) is 9.88 Å². The van der Waals surface area contributed by atoms with E-state index in [0.29, 0.717) is 13.2 Å². The molecular formula is C15H17F3N2O2. The molecule has 1 aromatic heterocycles. The van der Waals surface area contributed by atoms with E-state index >= 15 is 0 Å². The topological polar surface area (TPSA) is 42.4 Å². The summed E-state index contributed by atoms with van der Waals surface area (Å²) in [7, 11) is 0. The molecule has 0 aromatic carbocycles. The standard InChI is InChI=1S/C15H17F3N2O2/c1-9-10(5-6-13(19-9)15(16,17)18)14(21)20-7-8-22-12-4-2-3-11(12)20/h5-6,11-12H,2-4,7-8H2,1H3/t11-,12+/m0/s1. The smallest absolute Gasteiger partial charge is 0.374 e. The first-order valence-electron chi connectivity index (χ1n) is 7.35. The Labute approximate surface area is 126 Å². The molecule has 1 saturated carbocycles. The van der Waals surface area contributed by atoms with Crippen LogP contribution in [-0.4, -0.2) is 41.1 Å². The molecular weight excluding hydrogens is 297 g/mol. The zero-order chi connectivity index (χ0) is 15.9. The SMILES string of the molecule is Cc1nc(C(F)(F)F)ccc1C(=O)N1CCO[C@@H]2CCC[C@@H]21. The summed E-state index contributed by atoms with van der Waals surface area (Å²) >= 11 is 0. The average Bonchev–Trinajstić information content (AvgIpc) is 2.93. The molecule has 7 heteroatoms. The van der Waals surface area contributed by atoms with E-state index in [-0.39, 0.29) is 29.3 Å². The molecule has 22 heavy (non-hydrogen) atoms. The molecule has 1 aliphatic carbocycles. The van der Waals surface area contributed by atoms with Gasteiger partial charge < -0.3 is 9.64 Å². The van der Waals surface area contributed by atoms with E-state index in [0.717, 1.165) is 25.3 Å². The number of halogens is 3. The number of nitrogens with zero attached hydrogens (tertiary/aromatic N) is 2. The lowest BCUT2D eigenvalue weighted by atomic mass is 10.1. The first-order valence-corrected chi connectivity index (χ1v) is 7.35. The Kier molecular flexibility index (Phi) is 3.84. The Morgan fingerprint density at radius 3 is 2.82 bits per heavy atom. The number of aryl methyl sites for hydroxylation is 1. The van der Waals surface area contributed by atoms with Crippen LogP contribution in [0.4, 0.5) is 13.2 Å². The number of ether oxygens (including phenoxy) is 1. The van der Waals surface area contributed by atoms with Crippen LogP contribution in [0.2, 0.25) is 0 Å². The normalized spacial score (nSPS) is 25.2. The summed E-state index contributed by atoms with van der Waals surface area (Å²) in [5, 5.41) is 0. The molecule has 2 heterocycles. The van der Waals surface area contributed by atoms with Gasteiger partial charge in [-0.25, -0.2) is 4.98 Å². The molecule has 3 rings (SSSR count). The average molecular weight is 314 g/mol. The molecule has 1 saturated heterocycles. The van der Waals surface area contributed by atoms with Gasteiger partial charge in [-0.1, -0.05) is 0 Å². The third kappa shape index (κ3) is 2.69. The predicted molar refractivity (Wildman–Crippen MR) is 72.4 cm³/mol. The highest BCUT2D eigenvalue weighted by Crippen LogP contribution is 2.32. The van der Waals surface area contributed by atoms with Gasteiger partial charge in [-0.3, -0.25) is 4.79 Å². The molecule has 0 N–H and O–H groups in total. The molecule has 120 valence electrons. The fraction of sp³-hybridized carbons (Fsp3) is 0.600. The lowest BCUT2D eigenvalue weighted by molar-refractivity contribution is -0.141. The summed E-state index contributed by atoms with van der Waals surface area (Å²) in [5.74, 6) is -0.251. The summed E-state index contributed by atoms with van der Waals surface area (Å²) in [5.41, 5.74) is -0.622. The number of hydrogen-bond acceptors (Lipinski definition) is 3. The van der Waals surface area contributed by atoms with E-state index < -0.39 is 11.9 Å². The number of alkyl halides is 3. The lowest BCUT2D eigenvalue weighted by Crippen LogP contribution is -2.51. The number of amides is 1. The Bertz CT molecular complexity index is 589. The predicted octanol–water partition coefficient (Wildman–Crippen LogP) is 2.80. The van der Waals surface area contributed by atoms with Crippen LogP contribution in [0.3, 0.4) is 0 Å². The summed E-state index contributed by atoms with van der Waals surface area (Å²) in [6.45, 7) is 2.38. The number of fused-ring (bicyclic) bond motifs is 1. The van der Waals surface area contributed by atoms with Gasteiger partial charge in [0.25, 0.3) is 5.91 Å². The quantitative estimate of drug-likeness (QED) is 0.800. The van der Waals surface area contributed by atoms with E-state index in [4.69, 9.17) is 4.74 Å². The second-order valence-electron chi connectivity index (χ2n) is 5.73. The number of hydrogen-bond donors (Lipinski definition) is 0. The van der Waals surface area contributed by atoms with Gasteiger partial charge in [0, 0.05) is 6.54 Å². The first kappa shape index (κ1) is 15.3. The minimum absolute atomic E-state index is 0.0305. The summed E-state index contributed by atoms with van der Waals surface area (Å²) in [6, 6.07) is 2.13. The second kappa shape index (κ2) is 5.53. The van der Waals surface area contributed by atoms with Crippen LogP contribution in [0.25, 0.3) is 0 Å². The molecule has 2 aliphatic rings. The highest BCUT2D eigenvalue weighted by atomic mass is 19.4. The number of pyridine rings is 1. The first-order chi connectivity index (χ1) is 10.4. The van der Waals surface area contributed by atoms with Crippen molar-refractivity contribution < 1.29 is 22.7 Å². The maximum atomic E-state index is 12.7. The van der Waals surface area contributed by atoms with E-state index in [2.05, 4.69) is 4.98 Å². The molecule has 0 bridgehead atoms. The van der Waals surface area contributed by atoms with Crippen molar-refractivity contribution in [3.63, 3.8) is 0 Å². The van der Waals surface area contributed by atoms with Gasteiger partial charge in [-0.15, -0.1) is 0 Å². The number of aromatic nitrogens is 1. The molecule has 0 spiro atoms. The highest BCUT2D eigenvalue weighted by molar-refractivity contribution is 5.95. The van der Waals surface area contributed by atoms with Crippen LogP contribution in [0.5, 0.6) is 0 Å². The van der Waals surface area contributed by atoms with Crippen LogP contribution in [-0.2, 0) is 10.9 Å². The summed E-state index contributed by atoms with van der Waals surface area (Å²) < 4.78 is 43.6. The van der Waals surface area contributed by atoms with E-state index in [9.17, 15) is 18.0 Å². The van der Waals surface area contributed by atoms with Gasteiger partial charge in [0.05, 0.1) is 30.0 Å². The Balaban J connectivity index is 1.86. The fourth-order valence-corrected chi connectivity index (χ4v) is 3.28. The van der Waals surface area contributed by atoms with Crippen LogP contribution in [0.1, 0.15) is 41.0 Å². The summed E-state index contributed by atoms with van der Waals surface area (Å²) in [6.07, 6.45) is -1.63. The molecule has 1 aromatic rings. The summed E-state index contributed by atoms with van der Waals surface area (Å²) in [4.78, 5) is 17.9. The highest BCUT2D eigenvalue weighted by Gasteiger charge is 2.39. The Morgan fingerprint density at radius 2 is 2.14 bits per heavy atom. The van der Waals surface area contributed by atoms with E-state index in [1.54, 1.807) is 4.90 Å². The molecule has 4 nitrogen and oxygen atoms in total. The largest absolute Gasteiger partial charge is 0.433 e. The van der Waals surface area contributed by atoms with Crippen molar-refractivity contribution in [2.24, 2.45) is 0 Å². The van der Waals surface area contributed by atoms with Gasteiger partial charge in [0.1, 0.15) is 5.69 Å². The second-order valence-corrected chi connectivity index (χ2v) is 5.73. The van der Waals surface area contributed by atoms with Gasteiger partial charge in [0.2, 0.25) is 0 Å². The number of carbonyl (C=O) groups is 1. The van der Waals surface area contributed by atoms with Crippen molar-refractivity contribution in [2.75, 3.05) is 13.2 Å². The zero-order valence-electron chi connectivity index (χ0n) is 12.2. The maximum Gasteiger partial charge on any atom is 0.433 e. The van der Waals surface area contributed by atoms with Crippen molar-refractivity contribution in [2.45, 2.75) is 44.5 Å². The van der Waals surface area contributed by atoms with Gasteiger partial charge in [-0.2, -0.15) is 13.2 Å². The maximum absolute atomic E-state index is 12.7. The minimum atomic E-state index is -4.50. The Hall–Kier alpha value is -1.63. The fourth-order valence-electron chi connectivity index (χ4n) is 3.28. The molecule has 0 radical (unpaired) electrons. The zero-order valence-corrected chi connectivity index (χ0v) is 12.2. The van der Waals surface area contributed by atoms with Crippen LogP contribution >= 0.6 is 0 Å². The molecule has 0 unspecified atom stereocenters. The van der Waals surface area contributed by atoms with Crippen molar-refractivity contribution >= 4 is 5.91 Å². The Morgan fingerprint density at radius 1 is 1.36 bits per heavy atom. The monoisotopic (exact) mass is 314 g/mol. The van der Waals surface area contributed by atoms with Crippen LogP contribution < -0.4 is 0 Å². The number of rotatable bonds is 1. The molecule has 1 aliphatic heterocycles. The molecule has 2 atom stereocenters. The number of morpholine rings is 1. The minimum Gasteiger partial charge on any atom is -0.374 e. The van der Waals surface area contributed by atoms with Gasteiger partial charge in [-0.05, 0) is 38.3 Å². The van der Waals surface area contributed by atoms with Crippen molar-refractivity contribution in [3.05, 3.63) is 29.1 Å². The van der Waals surface area contributed by atoms with Crippen molar-refractivity contribution in [1.29, 1.82) is 0 Å². The van der Waals surface area contributed by atoms with E-state index in [1.165, 1.54) is 13.0 Å². The van der Waals surface area contributed by atoms with Crippen LogP contribution in [0.15, 0.2) is 12.1 Å². The third-order valence-electron chi connectivity index (χ3n) is 4.35. The lowest BCUT2D eigenvalue weighted by Gasteiger charge is -2.37. The third-order valence-corrected chi connectivity index (χ3v) is 4.35. The van der Waals surface area contributed by atoms with Gasteiger partial charge in [0.15, 0.2) is 0 Å². The van der Waals surface area contributed by atoms with Crippen LogP contribution in [0, 0.1) is 6.92 Å². The molecule has 1 amide bonds.